The summed E-state index contributed by atoms with van der Waals surface area (Å²) >= 11 is 0. The van der Waals surface area contributed by atoms with E-state index in [0.717, 1.165) is 0 Å². The van der Waals surface area contributed by atoms with Crippen LogP contribution in [0.5, 0.6) is 0 Å². The predicted octanol–water partition coefficient (Wildman–Crippen LogP) is 3.88. The van der Waals surface area contributed by atoms with Gasteiger partial charge in [-0.1, -0.05) is 20.8 Å². The van der Waals surface area contributed by atoms with Gasteiger partial charge in [0.05, 0.1) is 6.04 Å². The molecule has 0 radical (unpaired) electrons. The summed E-state index contributed by atoms with van der Waals surface area (Å²) in [6.45, 7) is 18.1. The van der Waals surface area contributed by atoms with Crippen LogP contribution in [0.2, 0.25) is 18.1 Å². The highest BCUT2D eigenvalue weighted by Crippen LogP contribution is 2.36. The molecule has 0 heterocycles. The molecular formula is C16H33NO4Si. The Morgan fingerprint density at radius 2 is 1.59 bits per heavy atom. The molecule has 0 fully saturated rings. The summed E-state index contributed by atoms with van der Waals surface area (Å²) in [5, 5.41) is 2.75. The number of ether oxygens (including phenoxy) is 1. The topological polar surface area (TPSA) is 64.6 Å². The maximum Gasteiger partial charge on any atom is 0.408 e. The summed E-state index contributed by atoms with van der Waals surface area (Å²) < 4.78 is 11.2. The molecule has 0 aliphatic rings. The summed E-state index contributed by atoms with van der Waals surface area (Å²) in [5.41, 5.74) is -0.580. The number of alkyl carbamates (subject to hydrolysis) is 1. The van der Waals surface area contributed by atoms with Crippen LogP contribution in [0.4, 0.5) is 4.79 Å². The van der Waals surface area contributed by atoms with Crippen LogP contribution in [0.25, 0.3) is 0 Å². The predicted molar refractivity (Wildman–Crippen MR) is 91.6 cm³/mol. The smallest absolute Gasteiger partial charge is 0.408 e. The molecule has 0 aromatic rings. The maximum absolute atomic E-state index is 11.8. The van der Waals surface area contributed by atoms with Gasteiger partial charge in [0.25, 0.3) is 0 Å². The fourth-order valence-electron chi connectivity index (χ4n) is 1.48. The lowest BCUT2D eigenvalue weighted by Gasteiger charge is -2.36. The van der Waals surface area contributed by atoms with Gasteiger partial charge in [0, 0.05) is 6.61 Å². The van der Waals surface area contributed by atoms with Gasteiger partial charge in [-0.25, -0.2) is 4.79 Å². The van der Waals surface area contributed by atoms with Gasteiger partial charge in [-0.05, 0) is 52.2 Å². The Morgan fingerprint density at radius 1 is 1.09 bits per heavy atom. The van der Waals surface area contributed by atoms with Crippen molar-refractivity contribution in [3.63, 3.8) is 0 Å². The molecule has 1 atom stereocenters. The number of amides is 1. The Labute approximate surface area is 136 Å². The summed E-state index contributed by atoms with van der Waals surface area (Å²) in [6.07, 6.45) is -0.110. The zero-order chi connectivity index (χ0) is 17.8. The fourth-order valence-corrected chi connectivity index (χ4v) is 2.54. The largest absolute Gasteiger partial charge is 0.444 e. The number of ketones is 1. The summed E-state index contributed by atoms with van der Waals surface area (Å²) in [5.74, 6) is -0.0929. The number of hydrogen-bond donors (Lipinski definition) is 1. The Kier molecular flexibility index (Phi) is 7.29. The molecule has 0 aliphatic heterocycles. The van der Waals surface area contributed by atoms with Gasteiger partial charge in [0.15, 0.2) is 14.1 Å². The molecule has 0 saturated carbocycles. The van der Waals surface area contributed by atoms with Gasteiger partial charge in [0.1, 0.15) is 5.60 Å². The van der Waals surface area contributed by atoms with Gasteiger partial charge in [-0.2, -0.15) is 0 Å². The van der Waals surface area contributed by atoms with Crippen LogP contribution < -0.4 is 5.32 Å². The van der Waals surface area contributed by atoms with E-state index in [9.17, 15) is 9.59 Å². The highest BCUT2D eigenvalue weighted by Gasteiger charge is 2.37. The molecule has 22 heavy (non-hydrogen) atoms. The van der Waals surface area contributed by atoms with Crippen LogP contribution in [0.3, 0.4) is 0 Å². The van der Waals surface area contributed by atoms with Crippen molar-refractivity contribution >= 4 is 20.2 Å². The highest BCUT2D eigenvalue weighted by molar-refractivity contribution is 6.74. The molecule has 0 bridgehead atoms. The highest BCUT2D eigenvalue weighted by atomic mass is 28.4. The molecule has 1 N–H and O–H groups in total. The number of nitrogens with one attached hydrogen (secondary N) is 1. The van der Waals surface area contributed by atoms with Crippen molar-refractivity contribution < 1.29 is 18.8 Å². The molecule has 0 saturated heterocycles. The number of carbonyl (C=O) groups is 2. The lowest BCUT2D eigenvalue weighted by molar-refractivity contribution is -0.119. The first kappa shape index (κ1) is 21.1. The average molecular weight is 332 g/mol. The first-order valence-corrected chi connectivity index (χ1v) is 10.7. The fraction of sp³-hybridized carbons (Fsp3) is 0.875. The quantitative estimate of drug-likeness (QED) is 0.750. The molecule has 1 amide bonds. The average Bonchev–Trinajstić information content (AvgIpc) is 2.22. The lowest BCUT2D eigenvalue weighted by Crippen LogP contribution is -2.45. The molecule has 0 spiro atoms. The van der Waals surface area contributed by atoms with Gasteiger partial charge >= 0.3 is 6.09 Å². The van der Waals surface area contributed by atoms with Crippen molar-refractivity contribution in [1.82, 2.24) is 5.32 Å². The van der Waals surface area contributed by atoms with E-state index < -0.39 is 26.1 Å². The third-order valence-corrected chi connectivity index (χ3v) is 8.40. The first-order valence-electron chi connectivity index (χ1n) is 7.79. The van der Waals surface area contributed by atoms with Crippen LogP contribution in [0.1, 0.15) is 54.9 Å². The van der Waals surface area contributed by atoms with E-state index in [1.54, 1.807) is 20.8 Å². The Morgan fingerprint density at radius 3 is 1.95 bits per heavy atom. The summed E-state index contributed by atoms with van der Waals surface area (Å²) in [7, 11) is -1.84. The second-order valence-electron chi connectivity index (χ2n) is 8.21. The van der Waals surface area contributed by atoms with E-state index in [1.807, 2.05) is 0 Å². The van der Waals surface area contributed by atoms with Crippen molar-refractivity contribution in [2.75, 3.05) is 6.61 Å². The Bertz CT molecular complexity index is 394. The minimum Gasteiger partial charge on any atom is -0.444 e. The second kappa shape index (κ2) is 7.59. The molecule has 5 nitrogen and oxygen atoms in total. The minimum absolute atomic E-state index is 0.0929. The molecule has 0 aliphatic carbocycles. The van der Waals surface area contributed by atoms with E-state index in [0.29, 0.717) is 13.0 Å². The zero-order valence-electron chi connectivity index (χ0n) is 15.6. The zero-order valence-corrected chi connectivity index (χ0v) is 16.6. The molecule has 0 rings (SSSR count). The number of carbonyl (C=O) groups excluding carboxylic acids is 2. The van der Waals surface area contributed by atoms with E-state index in [-0.39, 0.29) is 10.8 Å². The van der Waals surface area contributed by atoms with Gasteiger partial charge in [-0.15, -0.1) is 0 Å². The summed E-state index contributed by atoms with van der Waals surface area (Å²) in [4.78, 5) is 23.5. The van der Waals surface area contributed by atoms with Gasteiger partial charge in [0.2, 0.25) is 0 Å². The summed E-state index contributed by atoms with van der Waals surface area (Å²) in [6, 6.07) is -0.570. The van der Waals surface area contributed by atoms with E-state index in [4.69, 9.17) is 9.16 Å². The third kappa shape index (κ3) is 7.94. The van der Waals surface area contributed by atoms with Crippen LogP contribution in [-0.2, 0) is 14.0 Å². The molecule has 130 valence electrons. The molecular weight excluding hydrogens is 298 g/mol. The third-order valence-electron chi connectivity index (χ3n) is 3.86. The lowest BCUT2D eigenvalue weighted by atomic mass is 10.1. The van der Waals surface area contributed by atoms with Crippen LogP contribution in [-0.4, -0.2) is 38.4 Å². The van der Waals surface area contributed by atoms with Crippen molar-refractivity contribution in [1.29, 1.82) is 0 Å². The SMILES string of the molecule is CC(=O)[C@H](CCO[Si](C)(C)C(C)(C)C)NC(=O)OC(C)(C)C. The van der Waals surface area contributed by atoms with Crippen LogP contribution in [0, 0.1) is 0 Å². The standard InChI is InChI=1S/C16H33NO4Si/c1-12(18)13(17-14(19)21-15(2,3)4)10-11-20-22(8,9)16(5,6)7/h13H,10-11H2,1-9H3,(H,17,19)/t13-/m0/s1. The Hall–Kier alpha value is -0.883. The Balaban J connectivity index is 4.51. The minimum atomic E-state index is -1.84. The maximum atomic E-state index is 11.8. The number of Topliss-reactive ketones (excluding diaryl/α,β-unsaturated/α-hetero) is 1. The van der Waals surface area contributed by atoms with E-state index >= 15 is 0 Å². The molecule has 6 heteroatoms. The van der Waals surface area contributed by atoms with Crippen LogP contribution >= 0.6 is 0 Å². The van der Waals surface area contributed by atoms with Crippen molar-refractivity contribution in [3.8, 4) is 0 Å². The van der Waals surface area contributed by atoms with Crippen molar-refractivity contribution in [2.45, 2.75) is 84.7 Å². The first-order chi connectivity index (χ1) is 9.66. The number of rotatable bonds is 6. The van der Waals surface area contributed by atoms with Gasteiger partial charge in [-0.3, -0.25) is 4.79 Å². The monoisotopic (exact) mass is 331 g/mol. The second-order valence-corrected chi connectivity index (χ2v) is 13.0. The van der Waals surface area contributed by atoms with Crippen molar-refractivity contribution in [2.24, 2.45) is 0 Å². The van der Waals surface area contributed by atoms with Crippen molar-refractivity contribution in [3.05, 3.63) is 0 Å². The van der Waals surface area contributed by atoms with E-state index in [1.165, 1.54) is 6.92 Å². The van der Waals surface area contributed by atoms with Gasteiger partial charge < -0.3 is 14.5 Å². The van der Waals surface area contributed by atoms with E-state index in [2.05, 4.69) is 39.2 Å². The molecule has 0 aromatic heterocycles. The molecule has 0 aromatic carbocycles. The normalized spacial score (nSPS) is 14.4. The number of hydrogen-bond acceptors (Lipinski definition) is 4. The molecule has 0 unspecified atom stereocenters. The van der Waals surface area contributed by atoms with Crippen LogP contribution in [0.15, 0.2) is 0 Å².